The fraction of sp³-hybridized carbons (Fsp3) is 0.160. The lowest BCUT2D eigenvalue weighted by Crippen LogP contribution is -1.96. The average molecular weight is 367 g/mol. The Balaban J connectivity index is 1.82. The molecule has 28 heavy (non-hydrogen) atoms. The lowest BCUT2D eigenvalue weighted by atomic mass is 9.98. The molecular weight excluding hydrogens is 346 g/mol. The first-order valence-corrected chi connectivity index (χ1v) is 9.65. The van der Waals surface area contributed by atoms with Crippen molar-refractivity contribution in [1.29, 1.82) is 0 Å². The number of nitrogens with zero attached hydrogens (tertiary/aromatic N) is 1. The van der Waals surface area contributed by atoms with Crippen LogP contribution in [0.4, 0.5) is 0 Å². The van der Waals surface area contributed by atoms with E-state index in [9.17, 15) is 0 Å². The normalized spacial score (nSPS) is 11.5. The van der Waals surface area contributed by atoms with Crippen LogP contribution < -0.4 is 4.74 Å². The van der Waals surface area contributed by atoms with Gasteiger partial charge in [0.2, 0.25) is 0 Å². The lowest BCUT2D eigenvalue weighted by Gasteiger charge is -2.10. The molecule has 0 aliphatic carbocycles. The molecule has 0 spiro atoms. The Morgan fingerprint density at radius 3 is 2.57 bits per heavy atom. The Hall–Kier alpha value is -3.33. The first kappa shape index (κ1) is 16.8. The minimum absolute atomic E-state index is 0.638. The van der Waals surface area contributed by atoms with Gasteiger partial charge in [-0.15, -0.1) is 0 Å². The summed E-state index contributed by atoms with van der Waals surface area (Å²) in [6.07, 6.45) is 0.783. The van der Waals surface area contributed by atoms with Crippen molar-refractivity contribution in [2.75, 3.05) is 6.61 Å². The zero-order chi connectivity index (χ0) is 19.1. The number of para-hydroxylation sites is 1. The van der Waals surface area contributed by atoms with Crippen LogP contribution in [0.5, 0.6) is 5.75 Å². The van der Waals surface area contributed by atoms with Gasteiger partial charge in [0.05, 0.1) is 12.1 Å². The van der Waals surface area contributed by atoms with Gasteiger partial charge in [-0.2, -0.15) is 0 Å². The summed E-state index contributed by atoms with van der Waals surface area (Å²) in [4.78, 5) is 4.93. The summed E-state index contributed by atoms with van der Waals surface area (Å²) in [5, 5.41) is 2.14. The molecule has 3 aromatic carbocycles. The molecule has 3 nitrogen and oxygen atoms in total. The number of benzene rings is 3. The van der Waals surface area contributed by atoms with Crippen LogP contribution in [-0.4, -0.2) is 11.6 Å². The SMILES string of the molecule is CCOc1ccc2nc3c(oc4ccccc43)c(Cc3ccc(C)cc3)c2c1. The first-order chi connectivity index (χ1) is 13.7. The highest BCUT2D eigenvalue weighted by molar-refractivity contribution is 6.08. The molecule has 0 N–H and O–H groups in total. The highest BCUT2D eigenvalue weighted by atomic mass is 16.5. The smallest absolute Gasteiger partial charge is 0.158 e. The molecule has 0 atom stereocenters. The minimum atomic E-state index is 0.638. The monoisotopic (exact) mass is 367 g/mol. The van der Waals surface area contributed by atoms with E-state index < -0.39 is 0 Å². The highest BCUT2D eigenvalue weighted by Gasteiger charge is 2.17. The molecule has 5 aromatic rings. The largest absolute Gasteiger partial charge is 0.494 e. The molecule has 0 saturated heterocycles. The maximum atomic E-state index is 6.28. The summed E-state index contributed by atoms with van der Waals surface area (Å²) < 4.78 is 12.0. The van der Waals surface area contributed by atoms with Gasteiger partial charge in [0, 0.05) is 22.8 Å². The summed E-state index contributed by atoms with van der Waals surface area (Å²) in [6.45, 7) is 4.74. The molecule has 2 heterocycles. The lowest BCUT2D eigenvalue weighted by molar-refractivity contribution is 0.340. The average Bonchev–Trinajstić information content (AvgIpc) is 3.08. The van der Waals surface area contributed by atoms with E-state index >= 15 is 0 Å². The molecule has 5 rings (SSSR count). The van der Waals surface area contributed by atoms with Crippen molar-refractivity contribution in [3.05, 3.63) is 83.4 Å². The molecule has 0 radical (unpaired) electrons. The highest BCUT2D eigenvalue weighted by Crippen LogP contribution is 2.36. The summed E-state index contributed by atoms with van der Waals surface area (Å²) in [6, 6.07) is 22.9. The minimum Gasteiger partial charge on any atom is -0.494 e. The summed E-state index contributed by atoms with van der Waals surface area (Å²) >= 11 is 0. The van der Waals surface area contributed by atoms with Crippen molar-refractivity contribution in [3.8, 4) is 5.75 Å². The number of aryl methyl sites for hydroxylation is 1. The third kappa shape index (κ3) is 2.80. The Morgan fingerprint density at radius 1 is 0.929 bits per heavy atom. The maximum absolute atomic E-state index is 6.28. The number of furan rings is 1. The van der Waals surface area contributed by atoms with Crippen LogP contribution in [0.25, 0.3) is 33.0 Å². The van der Waals surface area contributed by atoms with E-state index in [1.165, 1.54) is 11.1 Å². The van der Waals surface area contributed by atoms with E-state index in [-0.39, 0.29) is 0 Å². The Morgan fingerprint density at radius 2 is 1.75 bits per heavy atom. The molecule has 0 aliphatic heterocycles. The van der Waals surface area contributed by atoms with Crippen LogP contribution in [0.3, 0.4) is 0 Å². The van der Waals surface area contributed by atoms with Gasteiger partial charge in [-0.3, -0.25) is 0 Å². The molecule has 0 saturated carbocycles. The maximum Gasteiger partial charge on any atom is 0.158 e. The molecular formula is C25H21NO2. The summed E-state index contributed by atoms with van der Waals surface area (Å²) in [5.74, 6) is 0.859. The molecule has 0 amide bonds. The van der Waals surface area contributed by atoms with Gasteiger partial charge < -0.3 is 9.15 Å². The van der Waals surface area contributed by atoms with Gasteiger partial charge in [-0.05, 0) is 49.7 Å². The quantitative estimate of drug-likeness (QED) is 0.367. The predicted molar refractivity (Wildman–Crippen MR) is 114 cm³/mol. The van der Waals surface area contributed by atoms with E-state index in [1.807, 2.05) is 37.3 Å². The van der Waals surface area contributed by atoms with Crippen molar-refractivity contribution in [2.24, 2.45) is 0 Å². The topological polar surface area (TPSA) is 35.3 Å². The molecule has 0 fully saturated rings. The van der Waals surface area contributed by atoms with Crippen LogP contribution in [0.15, 0.2) is 71.1 Å². The van der Waals surface area contributed by atoms with Gasteiger partial charge in [0.15, 0.2) is 5.58 Å². The summed E-state index contributed by atoms with van der Waals surface area (Å²) in [7, 11) is 0. The van der Waals surface area contributed by atoms with E-state index in [4.69, 9.17) is 14.1 Å². The Labute approximate surface area is 163 Å². The number of hydrogen-bond acceptors (Lipinski definition) is 3. The summed E-state index contributed by atoms with van der Waals surface area (Å²) in [5.41, 5.74) is 7.29. The standard InChI is InChI=1S/C25H21NO2/c1-3-27-18-12-13-22-20(15-18)21(14-17-10-8-16(2)9-11-17)25-24(26-22)19-6-4-5-7-23(19)28-25/h4-13,15H,3,14H2,1-2H3. The second kappa shape index (κ2) is 6.68. The fourth-order valence-corrected chi connectivity index (χ4v) is 3.79. The molecule has 0 aliphatic rings. The number of pyridine rings is 1. The Bertz CT molecular complexity index is 1300. The predicted octanol–water partition coefficient (Wildman–Crippen LogP) is 6.43. The third-order valence-corrected chi connectivity index (χ3v) is 5.18. The van der Waals surface area contributed by atoms with Crippen LogP contribution in [0.1, 0.15) is 23.6 Å². The molecule has 0 unspecified atom stereocenters. The van der Waals surface area contributed by atoms with Crippen molar-refractivity contribution in [2.45, 2.75) is 20.3 Å². The third-order valence-electron chi connectivity index (χ3n) is 5.18. The molecule has 138 valence electrons. The van der Waals surface area contributed by atoms with E-state index in [0.29, 0.717) is 6.61 Å². The fourth-order valence-electron chi connectivity index (χ4n) is 3.79. The first-order valence-electron chi connectivity index (χ1n) is 9.65. The zero-order valence-corrected chi connectivity index (χ0v) is 16.0. The number of fused-ring (bicyclic) bond motifs is 4. The van der Waals surface area contributed by atoms with Crippen molar-refractivity contribution in [3.63, 3.8) is 0 Å². The van der Waals surface area contributed by atoms with Gasteiger partial charge in [0.1, 0.15) is 16.8 Å². The van der Waals surface area contributed by atoms with Crippen LogP contribution in [0, 0.1) is 6.92 Å². The van der Waals surface area contributed by atoms with Gasteiger partial charge in [-0.25, -0.2) is 4.98 Å². The van der Waals surface area contributed by atoms with E-state index in [1.54, 1.807) is 0 Å². The number of hydrogen-bond donors (Lipinski definition) is 0. The second-order valence-corrected chi connectivity index (χ2v) is 7.14. The van der Waals surface area contributed by atoms with Gasteiger partial charge in [-0.1, -0.05) is 42.0 Å². The number of aromatic nitrogens is 1. The molecule has 0 bridgehead atoms. The van der Waals surface area contributed by atoms with E-state index in [0.717, 1.165) is 50.7 Å². The Kier molecular flexibility index (Phi) is 4.01. The second-order valence-electron chi connectivity index (χ2n) is 7.14. The van der Waals surface area contributed by atoms with Crippen LogP contribution in [-0.2, 0) is 6.42 Å². The van der Waals surface area contributed by atoms with Crippen molar-refractivity contribution in [1.82, 2.24) is 4.98 Å². The zero-order valence-electron chi connectivity index (χ0n) is 16.0. The number of ether oxygens (including phenoxy) is 1. The molecule has 2 aromatic heterocycles. The van der Waals surface area contributed by atoms with Crippen molar-refractivity contribution >= 4 is 33.0 Å². The van der Waals surface area contributed by atoms with Gasteiger partial charge >= 0.3 is 0 Å². The number of rotatable bonds is 4. The molecule has 3 heteroatoms. The van der Waals surface area contributed by atoms with Crippen LogP contribution >= 0.6 is 0 Å². The van der Waals surface area contributed by atoms with E-state index in [2.05, 4.69) is 43.3 Å². The van der Waals surface area contributed by atoms with Crippen molar-refractivity contribution < 1.29 is 9.15 Å². The van der Waals surface area contributed by atoms with Gasteiger partial charge in [0.25, 0.3) is 0 Å². The van der Waals surface area contributed by atoms with Crippen LogP contribution in [0.2, 0.25) is 0 Å².